The van der Waals surface area contributed by atoms with Gasteiger partial charge in [0, 0.05) is 38.4 Å². The summed E-state index contributed by atoms with van der Waals surface area (Å²) >= 11 is 0. The lowest BCUT2D eigenvalue weighted by Crippen LogP contribution is -2.49. The van der Waals surface area contributed by atoms with Crippen LogP contribution in [-0.2, 0) is 4.74 Å². The van der Waals surface area contributed by atoms with Crippen molar-refractivity contribution in [3.05, 3.63) is 30.3 Å². The Hall–Kier alpha value is -1.10. The second kappa shape index (κ2) is 8.13. The number of aliphatic hydroxyl groups is 1. The van der Waals surface area contributed by atoms with Crippen LogP contribution in [0.3, 0.4) is 0 Å². The van der Waals surface area contributed by atoms with Gasteiger partial charge in [0.25, 0.3) is 0 Å². The molecule has 0 bridgehead atoms. The first kappa shape index (κ1) is 16.7. The summed E-state index contributed by atoms with van der Waals surface area (Å²) in [6.45, 7) is 7.52. The van der Waals surface area contributed by atoms with E-state index in [4.69, 9.17) is 4.74 Å². The molecule has 3 atom stereocenters. The number of benzene rings is 1. The number of aliphatic hydroxyl groups excluding tert-OH is 1. The lowest BCUT2D eigenvalue weighted by atomic mass is 10.1. The molecule has 0 radical (unpaired) electrons. The molecule has 1 aromatic carbocycles. The van der Waals surface area contributed by atoms with Crippen molar-refractivity contribution in [2.75, 3.05) is 44.2 Å². The molecule has 3 unspecified atom stereocenters. The molecule has 1 saturated heterocycles. The normalized spacial score (nSPS) is 27.3. The molecule has 1 saturated carbocycles. The summed E-state index contributed by atoms with van der Waals surface area (Å²) in [7, 11) is 0. The van der Waals surface area contributed by atoms with Gasteiger partial charge in [0.2, 0.25) is 0 Å². The van der Waals surface area contributed by atoms with Crippen LogP contribution < -0.4 is 4.90 Å². The predicted octanol–water partition coefficient (Wildman–Crippen LogP) is 2.37. The van der Waals surface area contributed by atoms with Crippen molar-refractivity contribution in [1.82, 2.24) is 4.90 Å². The first-order valence-electron chi connectivity index (χ1n) is 9.04. The first-order chi connectivity index (χ1) is 11.2. The monoisotopic (exact) mass is 318 g/mol. The Balaban J connectivity index is 1.36. The van der Waals surface area contributed by atoms with E-state index in [1.165, 1.54) is 18.5 Å². The zero-order chi connectivity index (χ0) is 16.1. The molecule has 1 aromatic rings. The Labute approximate surface area is 140 Å². The Morgan fingerprint density at radius 3 is 2.52 bits per heavy atom. The zero-order valence-corrected chi connectivity index (χ0v) is 14.2. The van der Waals surface area contributed by atoms with Gasteiger partial charge >= 0.3 is 0 Å². The van der Waals surface area contributed by atoms with E-state index in [2.05, 4.69) is 47.1 Å². The summed E-state index contributed by atoms with van der Waals surface area (Å²) in [4.78, 5) is 4.77. The number of para-hydroxylation sites is 1. The molecule has 23 heavy (non-hydrogen) atoms. The second-order valence-corrected chi connectivity index (χ2v) is 7.06. The van der Waals surface area contributed by atoms with Crippen LogP contribution in [0.1, 0.15) is 26.2 Å². The van der Waals surface area contributed by atoms with E-state index in [1.807, 2.05) is 0 Å². The highest BCUT2D eigenvalue weighted by Crippen LogP contribution is 2.27. The van der Waals surface area contributed by atoms with E-state index in [9.17, 15) is 5.11 Å². The van der Waals surface area contributed by atoms with Crippen molar-refractivity contribution < 1.29 is 9.84 Å². The summed E-state index contributed by atoms with van der Waals surface area (Å²) in [5, 5.41) is 10.3. The van der Waals surface area contributed by atoms with Crippen LogP contribution in [0.2, 0.25) is 0 Å². The highest BCUT2D eigenvalue weighted by atomic mass is 16.5. The summed E-state index contributed by atoms with van der Waals surface area (Å²) in [5.41, 5.74) is 1.30. The molecule has 3 rings (SSSR count). The maximum atomic E-state index is 10.3. The van der Waals surface area contributed by atoms with E-state index in [0.29, 0.717) is 18.6 Å². The van der Waals surface area contributed by atoms with Crippen LogP contribution in [-0.4, -0.2) is 61.5 Å². The molecule has 4 nitrogen and oxygen atoms in total. The average Bonchev–Trinajstić information content (AvgIpc) is 3.00. The maximum absolute atomic E-state index is 10.3. The molecular weight excluding hydrogens is 288 g/mol. The molecule has 1 heterocycles. The first-order valence-corrected chi connectivity index (χ1v) is 9.04. The molecular formula is C19H30N2O2. The standard InChI is InChI=1S/C19H30N2O2/c1-16-6-5-9-19(16)23-15-18(22)14-20-10-12-21(13-11-20)17-7-3-2-4-8-17/h2-4,7-8,16,18-19,22H,5-6,9-15H2,1H3. The number of piperazine rings is 1. The Morgan fingerprint density at radius 2 is 1.87 bits per heavy atom. The van der Waals surface area contributed by atoms with Crippen molar-refractivity contribution in [3.8, 4) is 0 Å². The quantitative estimate of drug-likeness (QED) is 0.873. The highest BCUT2D eigenvalue weighted by molar-refractivity contribution is 5.46. The zero-order valence-electron chi connectivity index (χ0n) is 14.2. The maximum Gasteiger partial charge on any atom is 0.0900 e. The summed E-state index contributed by atoms with van der Waals surface area (Å²) in [6.07, 6.45) is 3.68. The van der Waals surface area contributed by atoms with Gasteiger partial charge in [-0.15, -0.1) is 0 Å². The number of nitrogens with zero attached hydrogens (tertiary/aromatic N) is 2. The van der Waals surface area contributed by atoms with Crippen molar-refractivity contribution in [3.63, 3.8) is 0 Å². The summed E-state index contributed by atoms with van der Waals surface area (Å²) in [6, 6.07) is 10.6. The molecule has 0 amide bonds. The minimum Gasteiger partial charge on any atom is -0.389 e. The van der Waals surface area contributed by atoms with Crippen LogP contribution >= 0.6 is 0 Å². The van der Waals surface area contributed by atoms with Crippen molar-refractivity contribution >= 4 is 5.69 Å². The molecule has 1 N–H and O–H groups in total. The molecule has 128 valence electrons. The smallest absolute Gasteiger partial charge is 0.0900 e. The molecule has 1 aliphatic heterocycles. The van der Waals surface area contributed by atoms with Gasteiger partial charge in [-0.3, -0.25) is 4.90 Å². The molecule has 4 heteroatoms. The van der Waals surface area contributed by atoms with Crippen LogP contribution in [0, 0.1) is 5.92 Å². The predicted molar refractivity (Wildman–Crippen MR) is 93.9 cm³/mol. The molecule has 0 aromatic heterocycles. The average molecular weight is 318 g/mol. The highest BCUT2D eigenvalue weighted by Gasteiger charge is 2.25. The molecule has 1 aliphatic carbocycles. The number of β-amino-alcohol motifs (C(OH)–C–C–N with tert-alkyl or cyclic N) is 1. The third-order valence-corrected chi connectivity index (χ3v) is 5.25. The van der Waals surface area contributed by atoms with Gasteiger partial charge in [-0.2, -0.15) is 0 Å². The van der Waals surface area contributed by atoms with Gasteiger partial charge in [-0.05, 0) is 30.9 Å². The van der Waals surface area contributed by atoms with Crippen LogP contribution in [0.25, 0.3) is 0 Å². The summed E-state index contributed by atoms with van der Waals surface area (Å²) < 4.78 is 5.92. The third kappa shape index (κ3) is 4.69. The van der Waals surface area contributed by atoms with Crippen molar-refractivity contribution in [2.45, 2.75) is 38.4 Å². The van der Waals surface area contributed by atoms with Gasteiger partial charge in [-0.25, -0.2) is 0 Å². The van der Waals surface area contributed by atoms with Crippen molar-refractivity contribution in [2.24, 2.45) is 5.92 Å². The third-order valence-electron chi connectivity index (χ3n) is 5.25. The molecule has 0 spiro atoms. The fourth-order valence-electron chi connectivity index (χ4n) is 3.77. The topological polar surface area (TPSA) is 35.9 Å². The minimum atomic E-state index is -0.369. The number of ether oxygens (including phenoxy) is 1. The number of hydrogen-bond donors (Lipinski definition) is 1. The number of anilines is 1. The number of hydrogen-bond acceptors (Lipinski definition) is 4. The molecule has 2 fully saturated rings. The fraction of sp³-hybridized carbons (Fsp3) is 0.684. The van der Waals surface area contributed by atoms with Crippen LogP contribution in [0.5, 0.6) is 0 Å². The van der Waals surface area contributed by atoms with Gasteiger partial charge in [0.05, 0.1) is 18.8 Å². The van der Waals surface area contributed by atoms with Gasteiger partial charge in [0.15, 0.2) is 0 Å². The lowest BCUT2D eigenvalue weighted by molar-refractivity contribution is -0.0321. The Morgan fingerprint density at radius 1 is 1.13 bits per heavy atom. The SMILES string of the molecule is CC1CCCC1OCC(O)CN1CCN(c2ccccc2)CC1. The van der Waals surface area contributed by atoms with E-state index in [1.54, 1.807) is 0 Å². The van der Waals surface area contributed by atoms with Crippen LogP contribution in [0.4, 0.5) is 5.69 Å². The number of rotatable bonds is 6. The Bertz CT molecular complexity index is 460. The second-order valence-electron chi connectivity index (χ2n) is 7.06. The molecule has 2 aliphatic rings. The fourth-order valence-corrected chi connectivity index (χ4v) is 3.77. The Kier molecular flexibility index (Phi) is 5.92. The largest absolute Gasteiger partial charge is 0.389 e. The van der Waals surface area contributed by atoms with Gasteiger partial charge < -0.3 is 14.7 Å². The van der Waals surface area contributed by atoms with E-state index >= 15 is 0 Å². The van der Waals surface area contributed by atoms with Crippen molar-refractivity contribution in [1.29, 1.82) is 0 Å². The van der Waals surface area contributed by atoms with E-state index in [-0.39, 0.29) is 6.10 Å². The van der Waals surface area contributed by atoms with Gasteiger partial charge in [0.1, 0.15) is 0 Å². The summed E-state index contributed by atoms with van der Waals surface area (Å²) in [5.74, 6) is 0.650. The van der Waals surface area contributed by atoms with E-state index in [0.717, 1.165) is 39.1 Å². The van der Waals surface area contributed by atoms with Gasteiger partial charge in [-0.1, -0.05) is 31.5 Å². The van der Waals surface area contributed by atoms with E-state index < -0.39 is 0 Å². The minimum absolute atomic E-state index is 0.361. The van der Waals surface area contributed by atoms with Crippen LogP contribution in [0.15, 0.2) is 30.3 Å². The lowest BCUT2D eigenvalue weighted by Gasteiger charge is -2.37.